The summed E-state index contributed by atoms with van der Waals surface area (Å²) >= 11 is 0. The smallest absolute Gasteiger partial charge is 0.251 e. The molecular weight excluding hydrogens is 326 g/mol. The molecule has 1 aliphatic rings. The molecule has 0 spiro atoms. The standard InChI is InChI=1S/C20H29N5O/c1-4-24(3)13-18-14-25(23-22-18)19-7-5-6-17(11-19)20(26)21-12-16-9-8-15(2)10-16/h5-7,11,14-16H,4,8-10,12-13H2,1-3H3,(H,21,26). The van der Waals surface area contributed by atoms with Crippen LogP contribution in [0.3, 0.4) is 0 Å². The Kier molecular flexibility index (Phi) is 6.04. The molecule has 1 fully saturated rings. The van der Waals surface area contributed by atoms with E-state index in [9.17, 15) is 4.79 Å². The van der Waals surface area contributed by atoms with E-state index in [0.29, 0.717) is 11.5 Å². The summed E-state index contributed by atoms with van der Waals surface area (Å²) in [5.41, 5.74) is 2.43. The Morgan fingerprint density at radius 3 is 2.96 bits per heavy atom. The Hall–Kier alpha value is -2.21. The van der Waals surface area contributed by atoms with E-state index < -0.39 is 0 Å². The first-order valence-electron chi connectivity index (χ1n) is 9.53. The average molecular weight is 355 g/mol. The van der Waals surface area contributed by atoms with Gasteiger partial charge in [0.2, 0.25) is 0 Å². The van der Waals surface area contributed by atoms with Crippen LogP contribution in [0, 0.1) is 11.8 Å². The molecular formula is C20H29N5O. The molecule has 2 unspecified atom stereocenters. The number of hydrogen-bond donors (Lipinski definition) is 1. The van der Waals surface area contributed by atoms with E-state index in [-0.39, 0.29) is 5.91 Å². The van der Waals surface area contributed by atoms with Gasteiger partial charge in [0.1, 0.15) is 0 Å². The number of benzene rings is 1. The second-order valence-electron chi connectivity index (χ2n) is 7.53. The first kappa shape index (κ1) is 18.6. The first-order chi connectivity index (χ1) is 12.5. The molecule has 6 nitrogen and oxygen atoms in total. The van der Waals surface area contributed by atoms with E-state index in [4.69, 9.17) is 0 Å². The van der Waals surface area contributed by atoms with Crippen molar-refractivity contribution < 1.29 is 4.79 Å². The number of aromatic nitrogens is 3. The van der Waals surface area contributed by atoms with Gasteiger partial charge in [-0.1, -0.05) is 31.5 Å². The highest BCUT2D eigenvalue weighted by molar-refractivity contribution is 5.94. The fraction of sp³-hybridized carbons (Fsp3) is 0.550. The summed E-state index contributed by atoms with van der Waals surface area (Å²) in [4.78, 5) is 14.7. The van der Waals surface area contributed by atoms with Gasteiger partial charge < -0.3 is 10.2 Å². The molecule has 6 heteroatoms. The van der Waals surface area contributed by atoms with Crippen molar-refractivity contribution >= 4 is 5.91 Å². The minimum absolute atomic E-state index is 0.0162. The van der Waals surface area contributed by atoms with Crippen molar-refractivity contribution in [2.75, 3.05) is 20.1 Å². The lowest BCUT2D eigenvalue weighted by Crippen LogP contribution is -2.28. The van der Waals surface area contributed by atoms with Crippen molar-refractivity contribution in [2.24, 2.45) is 11.8 Å². The molecule has 1 aliphatic carbocycles. The van der Waals surface area contributed by atoms with Crippen molar-refractivity contribution in [2.45, 2.75) is 39.7 Å². The summed E-state index contributed by atoms with van der Waals surface area (Å²) in [5.74, 6) is 1.39. The van der Waals surface area contributed by atoms with Crippen LogP contribution in [0.2, 0.25) is 0 Å². The third-order valence-corrected chi connectivity index (χ3v) is 5.24. The SMILES string of the molecule is CCN(C)Cc1cn(-c2cccc(C(=O)NCC3CCC(C)C3)c2)nn1. The largest absolute Gasteiger partial charge is 0.352 e. The van der Waals surface area contributed by atoms with Crippen molar-refractivity contribution in [1.82, 2.24) is 25.2 Å². The van der Waals surface area contributed by atoms with Crippen LogP contribution in [0.5, 0.6) is 0 Å². The lowest BCUT2D eigenvalue weighted by molar-refractivity contribution is 0.0947. The van der Waals surface area contributed by atoms with Crippen molar-refractivity contribution in [1.29, 1.82) is 0 Å². The Balaban J connectivity index is 1.63. The van der Waals surface area contributed by atoms with Crippen LogP contribution < -0.4 is 5.32 Å². The molecule has 2 atom stereocenters. The lowest BCUT2D eigenvalue weighted by atomic mass is 10.1. The Morgan fingerprint density at radius 1 is 1.38 bits per heavy atom. The summed E-state index contributed by atoms with van der Waals surface area (Å²) in [6, 6.07) is 7.55. The van der Waals surface area contributed by atoms with Crippen molar-refractivity contribution in [3.05, 3.63) is 41.7 Å². The number of hydrogen-bond acceptors (Lipinski definition) is 4. The predicted octanol–water partition coefficient (Wildman–Crippen LogP) is 2.89. The van der Waals surface area contributed by atoms with E-state index in [0.717, 1.165) is 36.9 Å². The molecule has 1 aromatic carbocycles. The maximum absolute atomic E-state index is 12.5. The van der Waals surface area contributed by atoms with Crippen LogP contribution in [-0.2, 0) is 6.54 Å². The van der Waals surface area contributed by atoms with Crippen molar-refractivity contribution in [3.8, 4) is 5.69 Å². The zero-order chi connectivity index (χ0) is 18.5. The summed E-state index contributed by atoms with van der Waals surface area (Å²) < 4.78 is 1.73. The minimum atomic E-state index is -0.0162. The molecule has 140 valence electrons. The number of nitrogens with zero attached hydrogens (tertiary/aromatic N) is 4. The highest BCUT2D eigenvalue weighted by Crippen LogP contribution is 2.29. The molecule has 1 saturated carbocycles. The van der Waals surface area contributed by atoms with Crippen LogP contribution in [0.25, 0.3) is 5.69 Å². The van der Waals surface area contributed by atoms with Gasteiger partial charge in [0.15, 0.2) is 0 Å². The molecule has 0 bridgehead atoms. The zero-order valence-electron chi connectivity index (χ0n) is 16.0. The quantitative estimate of drug-likeness (QED) is 0.829. The van der Waals surface area contributed by atoms with Gasteiger partial charge in [-0.05, 0) is 56.5 Å². The average Bonchev–Trinajstić information content (AvgIpc) is 3.28. The number of carbonyl (C=O) groups is 1. The van der Waals surface area contributed by atoms with Crippen LogP contribution in [0.4, 0.5) is 0 Å². The molecule has 1 aromatic heterocycles. The zero-order valence-corrected chi connectivity index (χ0v) is 16.0. The summed E-state index contributed by atoms with van der Waals surface area (Å²) in [6.45, 7) is 6.89. The molecule has 1 N–H and O–H groups in total. The fourth-order valence-corrected chi connectivity index (χ4v) is 3.52. The van der Waals surface area contributed by atoms with E-state index in [2.05, 4.69) is 41.4 Å². The van der Waals surface area contributed by atoms with E-state index >= 15 is 0 Å². The number of amides is 1. The van der Waals surface area contributed by atoms with Crippen LogP contribution in [0.15, 0.2) is 30.5 Å². The normalized spacial score (nSPS) is 19.8. The topological polar surface area (TPSA) is 63.1 Å². The molecule has 1 heterocycles. The third-order valence-electron chi connectivity index (χ3n) is 5.24. The van der Waals surface area contributed by atoms with Crippen LogP contribution in [0.1, 0.15) is 49.2 Å². The van der Waals surface area contributed by atoms with Gasteiger partial charge in [-0.3, -0.25) is 4.79 Å². The Labute approximate surface area is 155 Å². The minimum Gasteiger partial charge on any atom is -0.352 e. The summed E-state index contributed by atoms with van der Waals surface area (Å²) in [6.07, 6.45) is 5.63. The second kappa shape index (κ2) is 8.45. The van der Waals surface area contributed by atoms with Gasteiger partial charge in [0.25, 0.3) is 5.91 Å². The van der Waals surface area contributed by atoms with Gasteiger partial charge in [-0.15, -0.1) is 5.10 Å². The van der Waals surface area contributed by atoms with Crippen LogP contribution >= 0.6 is 0 Å². The first-order valence-corrected chi connectivity index (χ1v) is 9.53. The monoisotopic (exact) mass is 355 g/mol. The molecule has 0 aliphatic heterocycles. The molecule has 3 rings (SSSR count). The maximum Gasteiger partial charge on any atom is 0.251 e. The van der Waals surface area contributed by atoms with E-state index in [1.165, 1.54) is 19.3 Å². The Bertz CT molecular complexity index is 741. The fourth-order valence-electron chi connectivity index (χ4n) is 3.52. The maximum atomic E-state index is 12.5. The lowest BCUT2D eigenvalue weighted by Gasteiger charge is -2.12. The van der Waals surface area contributed by atoms with Gasteiger partial charge in [-0.2, -0.15) is 0 Å². The number of carbonyl (C=O) groups excluding carboxylic acids is 1. The summed E-state index contributed by atoms with van der Waals surface area (Å²) in [7, 11) is 2.05. The molecule has 2 aromatic rings. The molecule has 0 saturated heterocycles. The number of rotatable bonds is 7. The molecule has 1 amide bonds. The Morgan fingerprint density at radius 2 is 2.23 bits per heavy atom. The predicted molar refractivity (Wildman–Crippen MR) is 102 cm³/mol. The van der Waals surface area contributed by atoms with Crippen LogP contribution in [-0.4, -0.2) is 45.9 Å². The molecule has 26 heavy (non-hydrogen) atoms. The van der Waals surface area contributed by atoms with Crippen molar-refractivity contribution in [3.63, 3.8) is 0 Å². The summed E-state index contributed by atoms with van der Waals surface area (Å²) in [5, 5.41) is 11.5. The van der Waals surface area contributed by atoms with Gasteiger partial charge >= 0.3 is 0 Å². The van der Waals surface area contributed by atoms with Gasteiger partial charge in [0, 0.05) is 18.7 Å². The number of nitrogens with one attached hydrogen (secondary N) is 1. The highest BCUT2D eigenvalue weighted by atomic mass is 16.1. The third kappa shape index (κ3) is 4.69. The second-order valence-corrected chi connectivity index (χ2v) is 7.53. The van der Waals surface area contributed by atoms with Gasteiger partial charge in [0.05, 0.1) is 17.6 Å². The van der Waals surface area contributed by atoms with Gasteiger partial charge in [-0.25, -0.2) is 4.68 Å². The highest BCUT2D eigenvalue weighted by Gasteiger charge is 2.21. The van der Waals surface area contributed by atoms with E-state index in [1.807, 2.05) is 30.5 Å². The molecule has 0 radical (unpaired) electrons. The van der Waals surface area contributed by atoms with E-state index in [1.54, 1.807) is 4.68 Å².